The molecular weight excluding hydrogens is 222 g/mol. The van der Waals surface area contributed by atoms with Gasteiger partial charge in [0.05, 0.1) is 6.42 Å². The van der Waals surface area contributed by atoms with Crippen LogP contribution in [0.25, 0.3) is 0 Å². The fourth-order valence-corrected chi connectivity index (χ4v) is 1.21. The Balaban J connectivity index is 3.86. The highest BCUT2D eigenvalue weighted by atomic mass is 16.4. The first-order valence-electron chi connectivity index (χ1n) is 5.71. The van der Waals surface area contributed by atoms with Crippen molar-refractivity contribution in [3.63, 3.8) is 0 Å². The number of hydrogen-bond acceptors (Lipinski definition) is 3. The predicted octanol–water partition coefficient (Wildman–Crippen LogP) is 0.443. The lowest BCUT2D eigenvalue weighted by molar-refractivity contribution is -0.137. The largest absolute Gasteiger partial charge is 0.481 e. The molecule has 0 radical (unpaired) electrons. The van der Waals surface area contributed by atoms with Gasteiger partial charge in [-0.1, -0.05) is 0 Å². The molecule has 0 fully saturated rings. The maximum absolute atomic E-state index is 11.6. The molecule has 0 aromatic heterocycles. The molecule has 0 aliphatic heterocycles. The van der Waals surface area contributed by atoms with Crippen molar-refractivity contribution in [1.29, 1.82) is 0 Å². The van der Waals surface area contributed by atoms with Crippen molar-refractivity contribution in [3.05, 3.63) is 0 Å². The van der Waals surface area contributed by atoms with E-state index in [0.717, 1.165) is 13.0 Å². The monoisotopic (exact) mass is 245 g/mol. The summed E-state index contributed by atoms with van der Waals surface area (Å²) < 4.78 is 0. The molecule has 17 heavy (non-hydrogen) atoms. The van der Waals surface area contributed by atoms with E-state index in [9.17, 15) is 9.59 Å². The molecule has 0 saturated carbocycles. The molecule has 0 saturated heterocycles. The molecule has 0 aliphatic rings. The highest BCUT2D eigenvalue weighted by Gasteiger charge is 2.12. The number of carboxylic acids is 1. The van der Waals surface area contributed by atoms with Crippen LogP contribution in [0.2, 0.25) is 0 Å². The Morgan fingerprint density at radius 2 is 1.82 bits per heavy atom. The number of rotatable bonds is 7. The summed E-state index contributed by atoms with van der Waals surface area (Å²) in [5.74, 6) is -0.898. The van der Waals surface area contributed by atoms with Gasteiger partial charge in [0, 0.05) is 19.6 Å². The van der Waals surface area contributed by atoms with Gasteiger partial charge in [-0.2, -0.15) is 0 Å². The molecule has 0 heterocycles. The first-order valence-corrected chi connectivity index (χ1v) is 5.71. The topological polar surface area (TPSA) is 72.9 Å². The van der Waals surface area contributed by atoms with Crippen molar-refractivity contribution in [3.8, 4) is 0 Å². The van der Waals surface area contributed by atoms with Gasteiger partial charge >= 0.3 is 12.0 Å². The second-order valence-electron chi connectivity index (χ2n) is 4.51. The van der Waals surface area contributed by atoms with Gasteiger partial charge in [-0.3, -0.25) is 4.79 Å². The quantitative estimate of drug-likeness (QED) is 0.683. The van der Waals surface area contributed by atoms with Crippen LogP contribution in [-0.4, -0.2) is 67.2 Å². The van der Waals surface area contributed by atoms with Crippen molar-refractivity contribution in [1.82, 2.24) is 15.1 Å². The van der Waals surface area contributed by atoms with Crippen molar-refractivity contribution in [2.75, 3.05) is 34.2 Å². The number of carboxylic acid groups (broad SMARTS) is 1. The summed E-state index contributed by atoms with van der Waals surface area (Å²) in [7, 11) is 5.55. The Morgan fingerprint density at radius 3 is 2.29 bits per heavy atom. The van der Waals surface area contributed by atoms with Gasteiger partial charge < -0.3 is 20.2 Å². The van der Waals surface area contributed by atoms with Crippen LogP contribution in [0.1, 0.15) is 19.8 Å². The van der Waals surface area contributed by atoms with E-state index in [1.165, 1.54) is 4.90 Å². The summed E-state index contributed by atoms with van der Waals surface area (Å²) in [6, 6.07) is -0.144. The molecule has 1 atom stereocenters. The normalized spacial score (nSPS) is 12.3. The molecule has 1 unspecified atom stereocenters. The zero-order valence-corrected chi connectivity index (χ0v) is 11.1. The van der Waals surface area contributed by atoms with Crippen LogP contribution in [0, 0.1) is 0 Å². The molecular formula is C11H23N3O3. The highest BCUT2D eigenvalue weighted by molar-refractivity contribution is 5.75. The number of carbonyl (C=O) groups excluding carboxylic acids is 1. The molecule has 6 nitrogen and oxygen atoms in total. The number of amides is 2. The summed E-state index contributed by atoms with van der Waals surface area (Å²) in [6.07, 6.45) is 0.835. The maximum atomic E-state index is 11.6. The first-order chi connectivity index (χ1) is 7.82. The van der Waals surface area contributed by atoms with Crippen molar-refractivity contribution < 1.29 is 14.7 Å². The molecule has 0 bridgehead atoms. The average Bonchev–Trinajstić information content (AvgIpc) is 2.22. The number of urea groups is 1. The lowest BCUT2D eigenvalue weighted by atomic mass is 10.2. The molecule has 0 spiro atoms. The smallest absolute Gasteiger partial charge is 0.317 e. The zero-order chi connectivity index (χ0) is 13.4. The predicted molar refractivity (Wildman–Crippen MR) is 66.0 cm³/mol. The number of hydrogen-bond donors (Lipinski definition) is 2. The van der Waals surface area contributed by atoms with Crippen molar-refractivity contribution in [2.45, 2.75) is 25.8 Å². The Bertz CT molecular complexity index is 256. The fraction of sp³-hybridized carbons (Fsp3) is 0.818. The van der Waals surface area contributed by atoms with Crippen LogP contribution in [0.4, 0.5) is 4.79 Å². The second kappa shape index (κ2) is 7.89. The highest BCUT2D eigenvalue weighted by Crippen LogP contribution is 1.95. The third kappa shape index (κ3) is 8.50. The third-order valence-corrected chi connectivity index (χ3v) is 2.39. The minimum absolute atomic E-state index is 0.0317. The van der Waals surface area contributed by atoms with Gasteiger partial charge in [0.1, 0.15) is 0 Å². The Hall–Kier alpha value is -1.30. The minimum atomic E-state index is -0.898. The van der Waals surface area contributed by atoms with E-state index < -0.39 is 5.97 Å². The summed E-state index contributed by atoms with van der Waals surface area (Å²) >= 11 is 0. The van der Waals surface area contributed by atoms with E-state index in [1.807, 2.05) is 21.0 Å². The van der Waals surface area contributed by atoms with Crippen LogP contribution in [0.5, 0.6) is 0 Å². The molecule has 0 rings (SSSR count). The maximum Gasteiger partial charge on any atom is 0.317 e. The molecule has 0 aliphatic carbocycles. The van der Waals surface area contributed by atoms with Gasteiger partial charge in [0.15, 0.2) is 0 Å². The van der Waals surface area contributed by atoms with Gasteiger partial charge in [-0.15, -0.1) is 0 Å². The number of aliphatic carboxylic acids is 1. The van der Waals surface area contributed by atoms with Gasteiger partial charge in [0.25, 0.3) is 0 Å². The van der Waals surface area contributed by atoms with Crippen LogP contribution in [-0.2, 0) is 4.79 Å². The number of carbonyl (C=O) groups is 2. The fourth-order valence-electron chi connectivity index (χ4n) is 1.21. The lowest BCUT2D eigenvalue weighted by Gasteiger charge is -2.21. The minimum Gasteiger partial charge on any atom is -0.481 e. The van der Waals surface area contributed by atoms with E-state index in [-0.39, 0.29) is 25.0 Å². The molecule has 6 heteroatoms. The van der Waals surface area contributed by atoms with Crippen molar-refractivity contribution >= 4 is 12.0 Å². The first kappa shape index (κ1) is 15.7. The van der Waals surface area contributed by atoms with E-state index in [4.69, 9.17) is 5.11 Å². The Morgan fingerprint density at radius 1 is 1.24 bits per heavy atom. The third-order valence-electron chi connectivity index (χ3n) is 2.39. The molecule has 0 aromatic rings. The molecule has 2 amide bonds. The summed E-state index contributed by atoms with van der Waals surface area (Å²) in [6.45, 7) is 3.06. The van der Waals surface area contributed by atoms with E-state index in [2.05, 4.69) is 10.2 Å². The SMILES string of the molecule is CC(CCN(C)C)NC(=O)N(C)CCC(=O)O. The standard InChI is InChI=1S/C11H23N3O3/c1-9(5-7-13(2)3)12-11(17)14(4)8-6-10(15)16/h9H,5-8H2,1-4H3,(H,12,17)(H,15,16). The van der Waals surface area contributed by atoms with Gasteiger partial charge in [0.2, 0.25) is 0 Å². The van der Waals surface area contributed by atoms with E-state index in [1.54, 1.807) is 7.05 Å². The van der Waals surface area contributed by atoms with Crippen molar-refractivity contribution in [2.24, 2.45) is 0 Å². The number of nitrogens with zero attached hydrogens (tertiary/aromatic N) is 2. The number of nitrogens with one attached hydrogen (secondary N) is 1. The Kier molecular flexibility index (Phi) is 7.29. The van der Waals surface area contributed by atoms with Crippen LogP contribution in [0.3, 0.4) is 0 Å². The van der Waals surface area contributed by atoms with Crippen LogP contribution >= 0.6 is 0 Å². The summed E-state index contributed by atoms with van der Waals surface area (Å²) in [5.41, 5.74) is 0. The van der Waals surface area contributed by atoms with E-state index >= 15 is 0 Å². The second-order valence-corrected chi connectivity index (χ2v) is 4.51. The zero-order valence-electron chi connectivity index (χ0n) is 11.1. The summed E-state index contributed by atoms with van der Waals surface area (Å²) in [4.78, 5) is 25.4. The molecule has 100 valence electrons. The van der Waals surface area contributed by atoms with E-state index in [0.29, 0.717) is 0 Å². The molecule has 2 N–H and O–H groups in total. The van der Waals surface area contributed by atoms with Crippen LogP contribution in [0.15, 0.2) is 0 Å². The van der Waals surface area contributed by atoms with Crippen LogP contribution < -0.4 is 5.32 Å². The average molecular weight is 245 g/mol. The Labute approximate surface area is 103 Å². The van der Waals surface area contributed by atoms with Gasteiger partial charge in [-0.05, 0) is 34.0 Å². The lowest BCUT2D eigenvalue weighted by Crippen LogP contribution is -2.43. The van der Waals surface area contributed by atoms with Gasteiger partial charge in [-0.25, -0.2) is 4.79 Å². The summed E-state index contributed by atoms with van der Waals surface area (Å²) in [5, 5.41) is 11.3. The molecule has 0 aromatic carbocycles.